The fourth-order valence-corrected chi connectivity index (χ4v) is 4.95. The van der Waals surface area contributed by atoms with Gasteiger partial charge in [-0.1, -0.05) is 43.4 Å². The number of carbonyl (C=O) groups excluding carboxylic acids is 2. The number of hydrogen-bond acceptors (Lipinski definition) is 6. The molecule has 1 saturated heterocycles. The van der Waals surface area contributed by atoms with Crippen LogP contribution in [0.4, 0.5) is 5.13 Å². The highest BCUT2D eigenvalue weighted by Crippen LogP contribution is 2.27. The van der Waals surface area contributed by atoms with Gasteiger partial charge in [-0.25, -0.2) is 9.97 Å². The minimum atomic E-state index is -0.527. The fraction of sp³-hybridized carbons (Fsp3) is 0.417. The molecular formula is C24H29N5O2S. The Hall–Kier alpha value is -3.00. The molecule has 1 aliphatic rings. The maximum absolute atomic E-state index is 13.3. The number of anilines is 1. The molecule has 0 bridgehead atoms. The molecule has 7 nitrogen and oxygen atoms in total. The predicted octanol–water partition coefficient (Wildman–Crippen LogP) is 3.49. The highest BCUT2D eigenvalue weighted by Gasteiger charge is 2.30. The summed E-state index contributed by atoms with van der Waals surface area (Å²) in [5.74, 6) is 0.0895. The third kappa shape index (κ3) is 4.91. The molecule has 3 heterocycles. The van der Waals surface area contributed by atoms with E-state index >= 15 is 0 Å². The third-order valence-corrected chi connectivity index (χ3v) is 6.76. The van der Waals surface area contributed by atoms with Crippen molar-refractivity contribution in [3.05, 3.63) is 53.7 Å². The zero-order valence-electron chi connectivity index (χ0n) is 18.7. The van der Waals surface area contributed by atoms with Gasteiger partial charge in [0.25, 0.3) is 5.91 Å². The molecule has 3 aromatic rings. The standard InChI is InChI=1S/C24H29N5O2S/c1-16(2)15-20(26-21(30)18-8-5-4-7-17(18)3)23(31)28-11-13-29(14-12-28)24-27-19-9-6-10-25-22(19)32-24/h4-10,16,20H,11-15H2,1-3H3,(H,26,30). The third-order valence-electron chi connectivity index (χ3n) is 5.72. The van der Waals surface area contributed by atoms with Gasteiger partial charge in [0, 0.05) is 37.9 Å². The van der Waals surface area contributed by atoms with Gasteiger partial charge in [-0.3, -0.25) is 9.59 Å². The Balaban J connectivity index is 1.41. The number of carbonyl (C=O) groups is 2. The van der Waals surface area contributed by atoms with Gasteiger partial charge < -0.3 is 15.1 Å². The maximum atomic E-state index is 13.3. The molecule has 1 aromatic carbocycles. The van der Waals surface area contributed by atoms with E-state index in [0.29, 0.717) is 38.2 Å². The summed E-state index contributed by atoms with van der Waals surface area (Å²) in [4.78, 5) is 40.3. The molecule has 4 rings (SSSR count). The van der Waals surface area contributed by atoms with Gasteiger partial charge in [0.1, 0.15) is 16.4 Å². The van der Waals surface area contributed by atoms with Crippen LogP contribution in [0.15, 0.2) is 42.6 Å². The number of hydrogen-bond donors (Lipinski definition) is 1. The van der Waals surface area contributed by atoms with E-state index in [2.05, 4.69) is 34.0 Å². The van der Waals surface area contributed by atoms with Crippen molar-refractivity contribution in [2.45, 2.75) is 33.2 Å². The van der Waals surface area contributed by atoms with Crippen molar-refractivity contribution in [3.8, 4) is 0 Å². The number of nitrogens with one attached hydrogen (secondary N) is 1. The first-order chi connectivity index (χ1) is 15.4. The zero-order chi connectivity index (χ0) is 22.7. The number of benzene rings is 1. The van der Waals surface area contributed by atoms with Crippen LogP contribution in [0.3, 0.4) is 0 Å². The Morgan fingerprint density at radius 3 is 2.53 bits per heavy atom. The van der Waals surface area contributed by atoms with Gasteiger partial charge in [0.2, 0.25) is 5.91 Å². The van der Waals surface area contributed by atoms with E-state index < -0.39 is 6.04 Å². The SMILES string of the molecule is Cc1ccccc1C(=O)NC(CC(C)C)C(=O)N1CCN(c2nc3cccnc3s2)CC1. The molecule has 32 heavy (non-hydrogen) atoms. The van der Waals surface area contributed by atoms with Crippen LogP contribution in [-0.2, 0) is 4.79 Å². The zero-order valence-corrected chi connectivity index (χ0v) is 19.6. The summed E-state index contributed by atoms with van der Waals surface area (Å²) in [7, 11) is 0. The molecule has 0 radical (unpaired) electrons. The van der Waals surface area contributed by atoms with Crippen molar-refractivity contribution in [1.29, 1.82) is 0 Å². The number of pyridine rings is 1. The number of amides is 2. The van der Waals surface area contributed by atoms with Crippen molar-refractivity contribution in [1.82, 2.24) is 20.2 Å². The average Bonchev–Trinajstić information content (AvgIpc) is 3.22. The van der Waals surface area contributed by atoms with E-state index in [-0.39, 0.29) is 17.7 Å². The van der Waals surface area contributed by atoms with Crippen LogP contribution in [0.5, 0.6) is 0 Å². The molecule has 1 fully saturated rings. The summed E-state index contributed by atoms with van der Waals surface area (Å²) in [6.45, 7) is 8.69. The quantitative estimate of drug-likeness (QED) is 0.621. The molecule has 1 atom stereocenters. The minimum absolute atomic E-state index is 0.00810. The van der Waals surface area contributed by atoms with E-state index in [1.54, 1.807) is 23.6 Å². The summed E-state index contributed by atoms with van der Waals surface area (Å²) in [6.07, 6.45) is 2.39. The average molecular weight is 452 g/mol. The highest BCUT2D eigenvalue weighted by molar-refractivity contribution is 7.21. The minimum Gasteiger partial charge on any atom is -0.344 e. The summed E-state index contributed by atoms with van der Waals surface area (Å²) in [6, 6.07) is 10.8. The normalized spacial score (nSPS) is 15.2. The fourth-order valence-electron chi connectivity index (χ4n) is 3.99. The van der Waals surface area contributed by atoms with E-state index in [9.17, 15) is 9.59 Å². The second kappa shape index (κ2) is 9.65. The summed E-state index contributed by atoms with van der Waals surface area (Å²) >= 11 is 1.58. The Morgan fingerprint density at radius 2 is 1.84 bits per heavy atom. The summed E-state index contributed by atoms with van der Waals surface area (Å²) in [5, 5.41) is 3.94. The summed E-state index contributed by atoms with van der Waals surface area (Å²) < 4.78 is 0. The molecule has 1 unspecified atom stereocenters. The Bertz CT molecular complexity index is 1070. The van der Waals surface area contributed by atoms with Crippen LogP contribution in [0.1, 0.15) is 36.2 Å². The molecule has 2 aromatic heterocycles. The molecule has 0 spiro atoms. The topological polar surface area (TPSA) is 78.4 Å². The lowest BCUT2D eigenvalue weighted by Gasteiger charge is -2.36. The molecule has 1 N–H and O–H groups in total. The van der Waals surface area contributed by atoms with Crippen molar-refractivity contribution >= 4 is 38.6 Å². The van der Waals surface area contributed by atoms with Gasteiger partial charge in [0.05, 0.1) is 0 Å². The van der Waals surface area contributed by atoms with E-state index in [0.717, 1.165) is 21.0 Å². The lowest BCUT2D eigenvalue weighted by atomic mass is 10.0. The number of piperazine rings is 1. The van der Waals surface area contributed by atoms with Gasteiger partial charge >= 0.3 is 0 Å². The second-order valence-electron chi connectivity index (χ2n) is 8.61. The number of rotatable bonds is 6. The number of nitrogens with zero attached hydrogens (tertiary/aromatic N) is 4. The van der Waals surface area contributed by atoms with Gasteiger partial charge in [-0.05, 0) is 43.0 Å². The summed E-state index contributed by atoms with van der Waals surface area (Å²) in [5.41, 5.74) is 2.42. The monoisotopic (exact) mass is 451 g/mol. The molecule has 0 saturated carbocycles. The smallest absolute Gasteiger partial charge is 0.252 e. The number of fused-ring (bicyclic) bond motifs is 1. The highest BCUT2D eigenvalue weighted by atomic mass is 32.1. The Morgan fingerprint density at radius 1 is 1.09 bits per heavy atom. The van der Waals surface area contributed by atoms with Crippen molar-refractivity contribution in [3.63, 3.8) is 0 Å². The van der Waals surface area contributed by atoms with Crippen LogP contribution in [0.25, 0.3) is 10.3 Å². The number of thiazole rings is 1. The lowest BCUT2D eigenvalue weighted by molar-refractivity contribution is -0.134. The van der Waals surface area contributed by atoms with E-state index in [1.165, 1.54) is 0 Å². The Labute approximate surface area is 192 Å². The predicted molar refractivity (Wildman–Crippen MR) is 128 cm³/mol. The van der Waals surface area contributed by atoms with Crippen LogP contribution < -0.4 is 10.2 Å². The van der Waals surface area contributed by atoms with Crippen molar-refractivity contribution in [2.24, 2.45) is 5.92 Å². The second-order valence-corrected chi connectivity index (χ2v) is 9.56. The molecule has 168 valence electrons. The molecule has 2 amide bonds. The van der Waals surface area contributed by atoms with Crippen LogP contribution >= 0.6 is 11.3 Å². The molecular weight excluding hydrogens is 422 g/mol. The van der Waals surface area contributed by atoms with Gasteiger partial charge in [-0.2, -0.15) is 0 Å². The van der Waals surface area contributed by atoms with Crippen LogP contribution in [0, 0.1) is 12.8 Å². The maximum Gasteiger partial charge on any atom is 0.252 e. The first kappa shape index (κ1) is 22.2. The van der Waals surface area contributed by atoms with Crippen LogP contribution in [-0.4, -0.2) is 58.9 Å². The first-order valence-corrected chi connectivity index (χ1v) is 11.9. The van der Waals surface area contributed by atoms with Crippen LogP contribution in [0.2, 0.25) is 0 Å². The molecule has 1 aliphatic heterocycles. The lowest BCUT2D eigenvalue weighted by Crippen LogP contribution is -2.55. The van der Waals surface area contributed by atoms with Crippen molar-refractivity contribution in [2.75, 3.05) is 31.1 Å². The first-order valence-electron chi connectivity index (χ1n) is 11.0. The number of aryl methyl sites for hydroxylation is 1. The van der Waals surface area contributed by atoms with Gasteiger partial charge in [-0.15, -0.1) is 0 Å². The molecule has 8 heteroatoms. The largest absolute Gasteiger partial charge is 0.344 e. The Kier molecular flexibility index (Phi) is 6.69. The van der Waals surface area contributed by atoms with E-state index in [4.69, 9.17) is 0 Å². The van der Waals surface area contributed by atoms with E-state index in [1.807, 2.05) is 42.2 Å². The van der Waals surface area contributed by atoms with Crippen molar-refractivity contribution < 1.29 is 9.59 Å². The number of aromatic nitrogens is 2. The molecule has 0 aliphatic carbocycles. The van der Waals surface area contributed by atoms with Gasteiger partial charge in [0.15, 0.2) is 5.13 Å².